The lowest BCUT2D eigenvalue weighted by Crippen LogP contribution is -2.23. The second-order valence-electron chi connectivity index (χ2n) is 5.67. The molecule has 0 spiro atoms. The van der Waals surface area contributed by atoms with Crippen LogP contribution < -0.4 is 10.1 Å². The van der Waals surface area contributed by atoms with Crippen LogP contribution in [0.4, 0.5) is 0 Å². The van der Waals surface area contributed by atoms with Gasteiger partial charge in [-0.2, -0.15) is 9.50 Å². The number of aromatic nitrogens is 3. The summed E-state index contributed by atoms with van der Waals surface area (Å²) in [5.41, 5.74) is 1.75. The molecule has 2 heterocycles. The highest BCUT2D eigenvalue weighted by atomic mass is 35.5. The van der Waals surface area contributed by atoms with E-state index < -0.39 is 5.97 Å². The first-order chi connectivity index (χ1) is 13.0. The molecule has 0 atom stereocenters. The highest BCUT2D eigenvalue weighted by molar-refractivity contribution is 7.15. The molecule has 134 valence electrons. The van der Waals surface area contributed by atoms with Crippen LogP contribution in [0.25, 0.3) is 22.4 Å². The first kappa shape index (κ1) is 17.4. The van der Waals surface area contributed by atoms with E-state index in [1.165, 1.54) is 23.0 Å². The van der Waals surface area contributed by atoms with E-state index in [0.29, 0.717) is 25.9 Å². The number of halogens is 1. The normalized spacial score (nSPS) is 11.9. The van der Waals surface area contributed by atoms with Gasteiger partial charge in [-0.3, -0.25) is 4.79 Å². The summed E-state index contributed by atoms with van der Waals surface area (Å²) in [7, 11) is 1.33. The van der Waals surface area contributed by atoms with E-state index in [9.17, 15) is 9.59 Å². The molecule has 0 amide bonds. The molecule has 0 N–H and O–H groups in total. The Morgan fingerprint density at radius 3 is 2.67 bits per heavy atom. The number of carbonyl (C=O) groups is 1. The van der Waals surface area contributed by atoms with Crippen LogP contribution in [0.5, 0.6) is 0 Å². The summed E-state index contributed by atoms with van der Waals surface area (Å²) >= 11 is 7.25. The zero-order valence-electron chi connectivity index (χ0n) is 14.0. The summed E-state index contributed by atoms with van der Waals surface area (Å²) in [6.45, 7) is 0. The van der Waals surface area contributed by atoms with Crippen molar-refractivity contribution in [3.63, 3.8) is 0 Å². The number of rotatable bonds is 3. The smallest absolute Gasteiger partial charge is 0.337 e. The predicted octanol–water partition coefficient (Wildman–Crippen LogP) is 2.81. The minimum absolute atomic E-state index is 0.243. The molecule has 6 nitrogen and oxygen atoms in total. The van der Waals surface area contributed by atoms with Crippen molar-refractivity contribution in [2.24, 2.45) is 0 Å². The van der Waals surface area contributed by atoms with Gasteiger partial charge in [-0.05, 0) is 35.9 Å². The van der Waals surface area contributed by atoms with Gasteiger partial charge in [0, 0.05) is 10.6 Å². The Hall–Kier alpha value is -3.03. The third kappa shape index (κ3) is 3.34. The van der Waals surface area contributed by atoms with Gasteiger partial charge in [0.05, 0.1) is 17.2 Å². The molecule has 0 saturated heterocycles. The maximum absolute atomic E-state index is 12.6. The van der Waals surface area contributed by atoms with E-state index in [2.05, 4.69) is 14.8 Å². The molecule has 0 fully saturated rings. The number of benzene rings is 2. The van der Waals surface area contributed by atoms with Crippen molar-refractivity contribution in [1.82, 2.24) is 14.6 Å². The fraction of sp³-hybridized carbons (Fsp3) is 0.0526. The minimum Gasteiger partial charge on any atom is -0.465 e. The molecule has 0 saturated carbocycles. The molecule has 0 bridgehead atoms. The van der Waals surface area contributed by atoms with Gasteiger partial charge in [0.15, 0.2) is 5.82 Å². The number of fused-ring (bicyclic) bond motifs is 1. The number of methoxy groups -OCH3 is 1. The van der Waals surface area contributed by atoms with Crippen LogP contribution in [0.1, 0.15) is 15.9 Å². The van der Waals surface area contributed by atoms with Crippen LogP contribution in [-0.2, 0) is 4.74 Å². The van der Waals surface area contributed by atoms with E-state index >= 15 is 0 Å². The summed E-state index contributed by atoms with van der Waals surface area (Å²) < 4.78 is 6.47. The van der Waals surface area contributed by atoms with Crippen molar-refractivity contribution in [3.05, 3.63) is 79.6 Å². The molecule has 27 heavy (non-hydrogen) atoms. The molecular formula is C19H12ClN3O3S. The summed E-state index contributed by atoms with van der Waals surface area (Å²) in [4.78, 5) is 29.0. The molecule has 0 aliphatic heterocycles. The highest BCUT2D eigenvalue weighted by Crippen LogP contribution is 2.20. The summed E-state index contributed by atoms with van der Waals surface area (Å²) in [5, 5.41) is 4.88. The van der Waals surface area contributed by atoms with Gasteiger partial charge in [-0.1, -0.05) is 47.2 Å². The van der Waals surface area contributed by atoms with Crippen LogP contribution in [-0.4, -0.2) is 27.7 Å². The lowest BCUT2D eigenvalue weighted by atomic mass is 10.1. The summed E-state index contributed by atoms with van der Waals surface area (Å²) in [6, 6.07) is 14.0. The van der Waals surface area contributed by atoms with Crippen LogP contribution in [0.15, 0.2) is 53.3 Å². The molecular weight excluding hydrogens is 386 g/mol. The van der Waals surface area contributed by atoms with Gasteiger partial charge < -0.3 is 4.74 Å². The summed E-state index contributed by atoms with van der Waals surface area (Å²) in [6.07, 6.45) is 1.74. The predicted molar refractivity (Wildman–Crippen MR) is 104 cm³/mol. The highest BCUT2D eigenvalue weighted by Gasteiger charge is 2.12. The van der Waals surface area contributed by atoms with Gasteiger partial charge in [-0.25, -0.2) is 4.79 Å². The Kier molecular flexibility index (Phi) is 4.47. The van der Waals surface area contributed by atoms with E-state index in [1.807, 2.05) is 12.1 Å². The molecule has 4 aromatic rings. The number of hydrogen-bond acceptors (Lipinski definition) is 6. The molecule has 8 heteroatoms. The van der Waals surface area contributed by atoms with Crippen molar-refractivity contribution < 1.29 is 9.53 Å². The average Bonchev–Trinajstić information content (AvgIpc) is 3.22. The number of esters is 1. The van der Waals surface area contributed by atoms with Crippen molar-refractivity contribution in [1.29, 1.82) is 0 Å². The number of nitrogens with zero attached hydrogens (tertiary/aromatic N) is 3. The number of thiazole rings is 1. The van der Waals surface area contributed by atoms with Crippen LogP contribution in [0.3, 0.4) is 0 Å². The van der Waals surface area contributed by atoms with Crippen molar-refractivity contribution in [3.8, 4) is 11.4 Å². The molecule has 0 radical (unpaired) electrons. The second-order valence-corrected chi connectivity index (χ2v) is 7.12. The average molecular weight is 398 g/mol. The Morgan fingerprint density at radius 1 is 1.22 bits per heavy atom. The summed E-state index contributed by atoms with van der Waals surface area (Å²) in [5.74, 6) is 0.0493. The fourth-order valence-electron chi connectivity index (χ4n) is 2.57. The Bertz CT molecular complexity index is 1260. The topological polar surface area (TPSA) is 73.6 Å². The lowest BCUT2D eigenvalue weighted by molar-refractivity contribution is 0.0600. The second kappa shape index (κ2) is 6.94. The van der Waals surface area contributed by atoms with E-state index in [4.69, 9.17) is 11.6 Å². The van der Waals surface area contributed by atoms with Gasteiger partial charge in [0.25, 0.3) is 5.56 Å². The Balaban J connectivity index is 1.72. The third-order valence-corrected chi connectivity index (χ3v) is 5.09. The number of hydrogen-bond donors (Lipinski definition) is 0. The molecule has 2 aromatic carbocycles. The van der Waals surface area contributed by atoms with Gasteiger partial charge in [0.2, 0.25) is 4.96 Å². The molecule has 0 unspecified atom stereocenters. The quantitative estimate of drug-likeness (QED) is 0.497. The third-order valence-electron chi connectivity index (χ3n) is 3.89. The van der Waals surface area contributed by atoms with E-state index in [0.717, 1.165) is 11.1 Å². The largest absolute Gasteiger partial charge is 0.465 e. The lowest BCUT2D eigenvalue weighted by Gasteiger charge is -1.98. The van der Waals surface area contributed by atoms with Crippen LogP contribution in [0, 0.1) is 0 Å². The zero-order valence-corrected chi connectivity index (χ0v) is 15.6. The first-order valence-electron chi connectivity index (χ1n) is 7.91. The van der Waals surface area contributed by atoms with Crippen molar-refractivity contribution in [2.45, 2.75) is 0 Å². The van der Waals surface area contributed by atoms with Crippen LogP contribution >= 0.6 is 22.9 Å². The number of carbonyl (C=O) groups excluding carboxylic acids is 1. The standard InChI is InChI=1S/C19H12ClN3O3S/c1-26-18(25)12-7-5-11(6-8-12)9-15-17(24)23-19(27-15)21-16(22-23)13-3-2-4-14(20)10-13/h2-10H,1H3/b15-9-. The van der Waals surface area contributed by atoms with Gasteiger partial charge in [-0.15, -0.1) is 5.10 Å². The van der Waals surface area contributed by atoms with E-state index in [-0.39, 0.29) is 5.56 Å². The Morgan fingerprint density at radius 2 is 2.00 bits per heavy atom. The molecule has 4 rings (SSSR count). The molecule has 0 aliphatic rings. The zero-order chi connectivity index (χ0) is 19.0. The molecule has 2 aromatic heterocycles. The fourth-order valence-corrected chi connectivity index (χ4v) is 3.67. The SMILES string of the molecule is COC(=O)c1ccc(/C=c2\sc3nc(-c4cccc(Cl)c4)nn3c2=O)cc1. The minimum atomic E-state index is -0.404. The molecule has 0 aliphatic carbocycles. The van der Waals surface area contributed by atoms with Crippen molar-refractivity contribution in [2.75, 3.05) is 7.11 Å². The monoisotopic (exact) mass is 397 g/mol. The first-order valence-corrected chi connectivity index (χ1v) is 9.10. The van der Waals surface area contributed by atoms with Crippen LogP contribution in [0.2, 0.25) is 5.02 Å². The van der Waals surface area contributed by atoms with Crippen molar-refractivity contribution >= 4 is 39.9 Å². The maximum Gasteiger partial charge on any atom is 0.337 e. The Labute approximate surface area is 162 Å². The van der Waals surface area contributed by atoms with E-state index in [1.54, 1.807) is 42.5 Å². The number of ether oxygens (including phenoxy) is 1. The maximum atomic E-state index is 12.6. The van der Waals surface area contributed by atoms with Gasteiger partial charge >= 0.3 is 5.97 Å². The van der Waals surface area contributed by atoms with Gasteiger partial charge in [0.1, 0.15) is 0 Å².